The van der Waals surface area contributed by atoms with Gasteiger partial charge in [0.2, 0.25) is 0 Å². The van der Waals surface area contributed by atoms with E-state index in [1.165, 1.54) is 45.6 Å². The third-order valence-corrected chi connectivity index (χ3v) is 3.63. The Morgan fingerprint density at radius 2 is 2.06 bits per heavy atom. The lowest BCUT2D eigenvalue weighted by molar-refractivity contribution is 0.0730. The van der Waals surface area contributed by atoms with Crippen LogP contribution in [0.1, 0.15) is 12.8 Å². The Labute approximate surface area is 98.9 Å². The molecule has 0 amide bonds. The van der Waals surface area contributed by atoms with Crippen molar-refractivity contribution in [3.05, 3.63) is 0 Å². The summed E-state index contributed by atoms with van der Waals surface area (Å²) in [6.45, 7) is 8.85. The van der Waals surface area contributed by atoms with Crippen LogP contribution in [-0.2, 0) is 4.74 Å². The first-order valence-electron chi connectivity index (χ1n) is 6.56. The van der Waals surface area contributed by atoms with Crippen molar-refractivity contribution < 1.29 is 4.74 Å². The van der Waals surface area contributed by atoms with Gasteiger partial charge in [-0.2, -0.15) is 0 Å². The Balaban J connectivity index is 1.48. The fourth-order valence-corrected chi connectivity index (χ4v) is 2.39. The van der Waals surface area contributed by atoms with Crippen LogP contribution in [0.2, 0.25) is 0 Å². The molecule has 2 aliphatic rings. The van der Waals surface area contributed by atoms with Crippen LogP contribution in [0.4, 0.5) is 0 Å². The van der Waals surface area contributed by atoms with Crippen molar-refractivity contribution in [3.63, 3.8) is 0 Å². The van der Waals surface area contributed by atoms with E-state index in [-0.39, 0.29) is 0 Å². The molecule has 0 saturated carbocycles. The lowest BCUT2D eigenvalue weighted by Gasteiger charge is -2.32. The van der Waals surface area contributed by atoms with Gasteiger partial charge in [-0.15, -0.1) is 0 Å². The standard InChI is InChI=1S/C12H25N3O/c1-14-5-7-15(8-6-14)9-10-16-11-12-3-2-4-13-12/h12-13H,2-11H2,1H3. The first-order chi connectivity index (χ1) is 7.84. The number of hydrogen-bond donors (Lipinski definition) is 1. The summed E-state index contributed by atoms with van der Waals surface area (Å²) in [7, 11) is 2.19. The van der Waals surface area contributed by atoms with Crippen molar-refractivity contribution in [2.24, 2.45) is 0 Å². The van der Waals surface area contributed by atoms with Gasteiger partial charge in [-0.1, -0.05) is 0 Å². The average Bonchev–Trinajstić information content (AvgIpc) is 2.80. The zero-order valence-electron chi connectivity index (χ0n) is 10.5. The van der Waals surface area contributed by atoms with Gasteiger partial charge in [-0.3, -0.25) is 4.90 Å². The number of nitrogens with one attached hydrogen (secondary N) is 1. The molecule has 2 heterocycles. The summed E-state index contributed by atoms with van der Waals surface area (Å²) in [4.78, 5) is 4.89. The molecular weight excluding hydrogens is 202 g/mol. The highest BCUT2D eigenvalue weighted by Gasteiger charge is 2.15. The first kappa shape index (κ1) is 12.3. The molecule has 0 aliphatic carbocycles. The van der Waals surface area contributed by atoms with Gasteiger partial charge in [0.25, 0.3) is 0 Å². The molecule has 16 heavy (non-hydrogen) atoms. The van der Waals surface area contributed by atoms with Crippen LogP contribution in [-0.4, -0.2) is 75.4 Å². The first-order valence-corrected chi connectivity index (χ1v) is 6.56. The van der Waals surface area contributed by atoms with Crippen LogP contribution < -0.4 is 5.32 Å². The second-order valence-corrected chi connectivity index (χ2v) is 5.01. The zero-order valence-corrected chi connectivity index (χ0v) is 10.5. The number of likely N-dealkylation sites (N-methyl/N-ethyl adjacent to an activating group) is 1. The van der Waals surface area contributed by atoms with E-state index < -0.39 is 0 Å². The van der Waals surface area contributed by atoms with Crippen LogP contribution in [0.5, 0.6) is 0 Å². The molecular formula is C12H25N3O. The van der Waals surface area contributed by atoms with Gasteiger partial charge in [0.05, 0.1) is 13.2 Å². The van der Waals surface area contributed by atoms with E-state index in [9.17, 15) is 0 Å². The van der Waals surface area contributed by atoms with Gasteiger partial charge in [-0.25, -0.2) is 0 Å². The SMILES string of the molecule is CN1CCN(CCOCC2CCCN2)CC1. The molecule has 2 rings (SSSR count). The summed E-state index contributed by atoms with van der Waals surface area (Å²) in [5, 5.41) is 3.46. The maximum Gasteiger partial charge on any atom is 0.0620 e. The molecule has 94 valence electrons. The minimum absolute atomic E-state index is 0.618. The molecule has 0 bridgehead atoms. The van der Waals surface area contributed by atoms with Crippen LogP contribution in [0, 0.1) is 0 Å². The van der Waals surface area contributed by atoms with Gasteiger partial charge >= 0.3 is 0 Å². The molecule has 0 aromatic carbocycles. The number of nitrogens with zero attached hydrogens (tertiary/aromatic N) is 2. The molecule has 1 atom stereocenters. The van der Waals surface area contributed by atoms with Crippen LogP contribution in [0.3, 0.4) is 0 Å². The quantitative estimate of drug-likeness (QED) is 0.669. The lowest BCUT2D eigenvalue weighted by atomic mass is 10.2. The van der Waals surface area contributed by atoms with Crippen LogP contribution in [0.15, 0.2) is 0 Å². The highest BCUT2D eigenvalue weighted by atomic mass is 16.5. The molecule has 0 spiro atoms. The van der Waals surface area contributed by atoms with E-state index in [4.69, 9.17) is 4.74 Å². The van der Waals surface area contributed by atoms with Gasteiger partial charge in [0, 0.05) is 38.8 Å². The summed E-state index contributed by atoms with van der Waals surface area (Å²) in [6.07, 6.45) is 2.60. The minimum atomic E-state index is 0.618. The Hall–Kier alpha value is -0.160. The molecule has 1 unspecified atom stereocenters. The van der Waals surface area contributed by atoms with E-state index in [1.807, 2.05) is 0 Å². The zero-order chi connectivity index (χ0) is 11.2. The van der Waals surface area contributed by atoms with E-state index in [1.54, 1.807) is 0 Å². The van der Waals surface area contributed by atoms with Crippen molar-refractivity contribution in [2.45, 2.75) is 18.9 Å². The molecule has 4 heteroatoms. The highest BCUT2D eigenvalue weighted by Crippen LogP contribution is 2.05. The monoisotopic (exact) mass is 227 g/mol. The largest absolute Gasteiger partial charge is 0.379 e. The smallest absolute Gasteiger partial charge is 0.0620 e. The Morgan fingerprint density at radius 1 is 1.25 bits per heavy atom. The van der Waals surface area contributed by atoms with Gasteiger partial charge in [0.1, 0.15) is 0 Å². The van der Waals surface area contributed by atoms with Crippen molar-refractivity contribution in [1.29, 1.82) is 0 Å². The van der Waals surface area contributed by atoms with E-state index in [0.29, 0.717) is 6.04 Å². The molecule has 0 aromatic heterocycles. The van der Waals surface area contributed by atoms with Crippen LogP contribution in [0.25, 0.3) is 0 Å². The second kappa shape index (κ2) is 6.55. The third kappa shape index (κ3) is 4.01. The fourth-order valence-electron chi connectivity index (χ4n) is 2.39. The van der Waals surface area contributed by atoms with Crippen molar-refractivity contribution in [3.8, 4) is 0 Å². The number of hydrogen-bond acceptors (Lipinski definition) is 4. The summed E-state index contributed by atoms with van der Waals surface area (Å²) in [5.41, 5.74) is 0. The average molecular weight is 227 g/mol. The van der Waals surface area contributed by atoms with Crippen molar-refractivity contribution in [1.82, 2.24) is 15.1 Å². The van der Waals surface area contributed by atoms with Crippen LogP contribution >= 0.6 is 0 Å². The molecule has 0 radical (unpaired) electrons. The summed E-state index contributed by atoms with van der Waals surface area (Å²) < 4.78 is 5.73. The fraction of sp³-hybridized carbons (Fsp3) is 1.00. The minimum Gasteiger partial charge on any atom is -0.379 e. The predicted octanol–water partition coefficient (Wildman–Crippen LogP) is 0.00240. The molecule has 2 fully saturated rings. The predicted molar refractivity (Wildman–Crippen MR) is 65.8 cm³/mol. The third-order valence-electron chi connectivity index (χ3n) is 3.63. The normalized spacial score (nSPS) is 28.7. The summed E-state index contributed by atoms with van der Waals surface area (Å²) in [6, 6.07) is 0.618. The summed E-state index contributed by atoms with van der Waals surface area (Å²) in [5.74, 6) is 0. The van der Waals surface area contributed by atoms with E-state index in [2.05, 4.69) is 22.2 Å². The van der Waals surface area contributed by atoms with E-state index in [0.717, 1.165) is 19.8 Å². The Morgan fingerprint density at radius 3 is 2.75 bits per heavy atom. The van der Waals surface area contributed by atoms with Gasteiger partial charge in [0.15, 0.2) is 0 Å². The Kier molecular flexibility index (Phi) is 5.03. The van der Waals surface area contributed by atoms with Gasteiger partial charge in [-0.05, 0) is 26.4 Å². The molecule has 2 aliphatic heterocycles. The van der Waals surface area contributed by atoms with E-state index >= 15 is 0 Å². The molecule has 1 N–H and O–H groups in total. The Bertz CT molecular complexity index is 187. The maximum atomic E-state index is 5.73. The molecule has 0 aromatic rings. The topological polar surface area (TPSA) is 27.7 Å². The molecule has 4 nitrogen and oxygen atoms in total. The van der Waals surface area contributed by atoms with Crippen molar-refractivity contribution in [2.75, 3.05) is 59.5 Å². The maximum absolute atomic E-state index is 5.73. The summed E-state index contributed by atoms with van der Waals surface area (Å²) >= 11 is 0. The number of ether oxygens (including phenoxy) is 1. The second-order valence-electron chi connectivity index (χ2n) is 5.01. The van der Waals surface area contributed by atoms with Crippen molar-refractivity contribution >= 4 is 0 Å². The lowest BCUT2D eigenvalue weighted by Crippen LogP contribution is -2.45. The van der Waals surface area contributed by atoms with Gasteiger partial charge < -0.3 is 15.0 Å². The highest BCUT2D eigenvalue weighted by molar-refractivity contribution is 4.73. The number of piperazine rings is 1. The number of rotatable bonds is 5. The molecule has 2 saturated heterocycles.